The first-order chi connectivity index (χ1) is 17.9. The standard InChI is InChI=1S/C30H37FN4OS/c31-27-4-2-1-3-24(27)20-34-9-11-35(12-10-34)26-7-5-25(6-8-26)32-29(37)33-28(36)19-30-16-21-13-22(17-30)15-23(14-21)18-30/h1-8,21-23H,9-20H2,(H2,32,33,36,37). The second-order valence-corrected chi connectivity index (χ2v) is 12.4. The third-order valence-electron chi connectivity index (χ3n) is 9.17. The van der Waals surface area contributed by atoms with E-state index in [1.165, 1.54) is 44.6 Å². The summed E-state index contributed by atoms with van der Waals surface area (Å²) in [6, 6.07) is 15.2. The maximum Gasteiger partial charge on any atom is 0.226 e. The number of rotatable bonds is 6. The number of piperazine rings is 1. The maximum atomic E-state index is 14.0. The minimum Gasteiger partial charge on any atom is -0.369 e. The number of benzene rings is 2. The summed E-state index contributed by atoms with van der Waals surface area (Å²) in [5.41, 5.74) is 3.01. The van der Waals surface area contributed by atoms with Gasteiger partial charge in [-0.05, 0) is 104 Å². The topological polar surface area (TPSA) is 47.6 Å². The molecule has 1 heterocycles. The third kappa shape index (κ3) is 5.68. The molecule has 196 valence electrons. The number of nitrogens with zero attached hydrogens (tertiary/aromatic N) is 2. The van der Waals surface area contributed by atoms with Gasteiger partial charge >= 0.3 is 0 Å². The predicted molar refractivity (Wildman–Crippen MR) is 150 cm³/mol. The van der Waals surface area contributed by atoms with Crippen LogP contribution in [0.1, 0.15) is 50.5 Å². The van der Waals surface area contributed by atoms with Gasteiger partial charge in [-0.3, -0.25) is 9.69 Å². The van der Waals surface area contributed by atoms with Crippen molar-refractivity contribution < 1.29 is 9.18 Å². The van der Waals surface area contributed by atoms with Crippen molar-refractivity contribution in [2.24, 2.45) is 23.2 Å². The lowest BCUT2D eigenvalue weighted by Crippen LogP contribution is -2.48. The van der Waals surface area contributed by atoms with Crippen molar-refractivity contribution in [2.75, 3.05) is 36.4 Å². The summed E-state index contributed by atoms with van der Waals surface area (Å²) in [6.45, 7) is 4.25. The van der Waals surface area contributed by atoms with Crippen LogP contribution in [0.5, 0.6) is 0 Å². The van der Waals surface area contributed by atoms with Crippen molar-refractivity contribution >= 4 is 34.6 Å². The van der Waals surface area contributed by atoms with E-state index in [4.69, 9.17) is 12.2 Å². The molecule has 0 spiro atoms. The Bertz CT molecular complexity index is 1110. The molecule has 4 saturated carbocycles. The number of carbonyl (C=O) groups excluding carboxylic acids is 1. The zero-order valence-corrected chi connectivity index (χ0v) is 22.2. The van der Waals surface area contributed by atoms with E-state index in [0.717, 1.165) is 60.9 Å². The largest absolute Gasteiger partial charge is 0.369 e. The van der Waals surface area contributed by atoms with Gasteiger partial charge in [0.1, 0.15) is 5.82 Å². The number of hydrogen-bond donors (Lipinski definition) is 2. The second kappa shape index (κ2) is 10.3. The number of thiocarbonyl (C=S) groups is 1. The monoisotopic (exact) mass is 520 g/mol. The van der Waals surface area contributed by atoms with Crippen molar-refractivity contribution in [3.05, 3.63) is 59.9 Å². The summed E-state index contributed by atoms with van der Waals surface area (Å²) < 4.78 is 14.0. The summed E-state index contributed by atoms with van der Waals surface area (Å²) in [4.78, 5) is 17.5. The molecule has 0 radical (unpaired) electrons. The van der Waals surface area contributed by atoms with Crippen LogP contribution in [-0.2, 0) is 11.3 Å². The number of anilines is 2. The van der Waals surface area contributed by atoms with Crippen LogP contribution in [-0.4, -0.2) is 42.1 Å². The van der Waals surface area contributed by atoms with E-state index in [0.29, 0.717) is 18.1 Å². The van der Waals surface area contributed by atoms with Gasteiger partial charge in [-0.1, -0.05) is 18.2 Å². The lowest BCUT2D eigenvalue weighted by atomic mass is 9.49. The molecule has 1 saturated heterocycles. The maximum absolute atomic E-state index is 14.0. The fourth-order valence-corrected chi connectivity index (χ4v) is 8.20. The van der Waals surface area contributed by atoms with Crippen LogP contribution in [0.15, 0.2) is 48.5 Å². The highest BCUT2D eigenvalue weighted by molar-refractivity contribution is 7.80. The first-order valence-electron chi connectivity index (χ1n) is 13.8. The Kier molecular flexibility index (Phi) is 6.93. The van der Waals surface area contributed by atoms with Crippen LogP contribution in [0.3, 0.4) is 0 Å². The van der Waals surface area contributed by atoms with Crippen molar-refractivity contribution in [3.8, 4) is 0 Å². The van der Waals surface area contributed by atoms with Gasteiger partial charge in [-0.2, -0.15) is 0 Å². The van der Waals surface area contributed by atoms with E-state index < -0.39 is 0 Å². The third-order valence-corrected chi connectivity index (χ3v) is 9.37. The molecule has 4 aliphatic carbocycles. The summed E-state index contributed by atoms with van der Waals surface area (Å²) >= 11 is 5.47. The predicted octanol–water partition coefficient (Wildman–Crippen LogP) is 5.57. The van der Waals surface area contributed by atoms with Gasteiger partial charge in [-0.25, -0.2) is 4.39 Å². The molecule has 7 heteroatoms. The van der Waals surface area contributed by atoms with Crippen LogP contribution < -0.4 is 15.5 Å². The van der Waals surface area contributed by atoms with E-state index in [9.17, 15) is 9.18 Å². The molecule has 37 heavy (non-hydrogen) atoms. The van der Waals surface area contributed by atoms with E-state index >= 15 is 0 Å². The second-order valence-electron chi connectivity index (χ2n) is 12.0. The average molecular weight is 521 g/mol. The molecule has 2 N–H and O–H groups in total. The minimum absolute atomic E-state index is 0.0596. The molecule has 2 aromatic carbocycles. The molecular formula is C30H37FN4OS. The van der Waals surface area contributed by atoms with E-state index in [1.807, 2.05) is 24.3 Å². The van der Waals surface area contributed by atoms with Gasteiger partial charge < -0.3 is 15.5 Å². The highest BCUT2D eigenvalue weighted by Gasteiger charge is 2.51. The number of carbonyl (C=O) groups is 1. The molecule has 0 unspecified atom stereocenters. The lowest BCUT2D eigenvalue weighted by molar-refractivity contribution is -0.127. The Morgan fingerprint density at radius 2 is 1.54 bits per heavy atom. The van der Waals surface area contributed by atoms with Crippen LogP contribution in [0, 0.1) is 29.0 Å². The normalized spacial score (nSPS) is 28.8. The molecular weight excluding hydrogens is 483 g/mol. The molecule has 0 atom stereocenters. The number of amides is 1. The number of hydrogen-bond acceptors (Lipinski definition) is 4. The summed E-state index contributed by atoms with van der Waals surface area (Å²) in [7, 11) is 0. The lowest BCUT2D eigenvalue weighted by Gasteiger charge is -2.56. The number of halogens is 1. The Morgan fingerprint density at radius 3 is 2.16 bits per heavy atom. The van der Waals surface area contributed by atoms with Gasteiger partial charge in [-0.15, -0.1) is 0 Å². The summed E-state index contributed by atoms with van der Waals surface area (Å²) in [5.74, 6) is 2.46. The van der Waals surface area contributed by atoms with E-state index in [2.05, 4.69) is 32.6 Å². The van der Waals surface area contributed by atoms with E-state index in [1.54, 1.807) is 6.07 Å². The van der Waals surface area contributed by atoms with Gasteiger partial charge in [0.2, 0.25) is 5.91 Å². The van der Waals surface area contributed by atoms with Crippen molar-refractivity contribution in [3.63, 3.8) is 0 Å². The van der Waals surface area contributed by atoms with Gasteiger partial charge in [0.05, 0.1) is 0 Å². The first-order valence-corrected chi connectivity index (χ1v) is 14.3. The summed E-state index contributed by atoms with van der Waals surface area (Å²) in [6.07, 6.45) is 8.46. The Hall–Kier alpha value is -2.51. The zero-order chi connectivity index (χ0) is 25.4. The Labute approximate surface area is 224 Å². The molecule has 7 rings (SSSR count). The quantitative estimate of drug-likeness (QED) is 0.488. The first kappa shape index (κ1) is 24.8. The smallest absolute Gasteiger partial charge is 0.226 e. The minimum atomic E-state index is -0.130. The SMILES string of the molecule is O=C(CC12CC3CC(CC(C3)C1)C2)NC(=S)Nc1ccc(N2CCN(Cc3ccccc3F)CC2)cc1. The molecule has 5 nitrogen and oxygen atoms in total. The molecule has 5 fully saturated rings. The van der Waals surface area contributed by atoms with E-state index in [-0.39, 0.29) is 17.1 Å². The van der Waals surface area contributed by atoms with Crippen molar-refractivity contribution in [1.29, 1.82) is 0 Å². The summed E-state index contributed by atoms with van der Waals surface area (Å²) in [5, 5.41) is 6.52. The van der Waals surface area contributed by atoms with Crippen molar-refractivity contribution in [1.82, 2.24) is 10.2 Å². The molecule has 4 bridgehead atoms. The molecule has 1 amide bonds. The van der Waals surface area contributed by atoms with Crippen LogP contribution in [0.2, 0.25) is 0 Å². The van der Waals surface area contributed by atoms with Gasteiger partial charge in [0, 0.05) is 56.1 Å². The highest BCUT2D eigenvalue weighted by Crippen LogP contribution is 2.61. The fourth-order valence-electron chi connectivity index (χ4n) is 7.97. The zero-order valence-electron chi connectivity index (χ0n) is 21.4. The average Bonchev–Trinajstić information content (AvgIpc) is 2.85. The van der Waals surface area contributed by atoms with Crippen molar-refractivity contribution in [2.45, 2.75) is 51.5 Å². The Balaban J connectivity index is 0.964. The molecule has 1 aliphatic heterocycles. The van der Waals surface area contributed by atoms with Gasteiger partial charge in [0.25, 0.3) is 0 Å². The van der Waals surface area contributed by atoms with Crippen LogP contribution in [0.25, 0.3) is 0 Å². The fraction of sp³-hybridized carbons (Fsp3) is 0.533. The molecule has 5 aliphatic rings. The molecule has 2 aromatic rings. The Morgan fingerprint density at radius 1 is 0.919 bits per heavy atom. The van der Waals surface area contributed by atoms with Crippen LogP contribution in [0.4, 0.5) is 15.8 Å². The molecule has 0 aromatic heterocycles. The van der Waals surface area contributed by atoms with Gasteiger partial charge in [0.15, 0.2) is 5.11 Å². The van der Waals surface area contributed by atoms with Crippen LogP contribution >= 0.6 is 12.2 Å². The highest BCUT2D eigenvalue weighted by atomic mass is 32.1. The number of nitrogens with one attached hydrogen (secondary N) is 2.